The smallest absolute Gasteiger partial charge is 0.305 e. The molecule has 4 nitrogen and oxygen atoms in total. The molecular formula is C24H41NO3. The van der Waals surface area contributed by atoms with Crippen LogP contribution in [-0.4, -0.2) is 19.2 Å². The van der Waals surface area contributed by atoms with E-state index in [1.165, 1.54) is 70.6 Å². The Morgan fingerprint density at radius 2 is 1.32 bits per heavy atom. The van der Waals surface area contributed by atoms with Gasteiger partial charge < -0.3 is 15.2 Å². The average molecular weight is 392 g/mol. The van der Waals surface area contributed by atoms with Gasteiger partial charge in [0.15, 0.2) is 0 Å². The number of carbonyl (C=O) groups is 1. The first-order valence-corrected chi connectivity index (χ1v) is 11.4. The van der Waals surface area contributed by atoms with Gasteiger partial charge in [0.2, 0.25) is 0 Å². The predicted octanol–water partition coefficient (Wildman–Crippen LogP) is 6.67. The number of para-hydroxylation sites is 2. The number of nitrogen functional groups attached to an aromatic ring is 1. The van der Waals surface area contributed by atoms with Gasteiger partial charge in [0.05, 0.1) is 5.69 Å². The molecule has 4 heteroatoms. The Hall–Kier alpha value is -1.71. The van der Waals surface area contributed by atoms with Crippen LogP contribution in [0.4, 0.5) is 5.69 Å². The molecule has 1 rings (SSSR count). The van der Waals surface area contributed by atoms with Crippen LogP contribution in [0.2, 0.25) is 0 Å². The normalized spacial score (nSPS) is 10.8. The second-order valence-corrected chi connectivity index (χ2v) is 7.60. The van der Waals surface area contributed by atoms with E-state index in [0.29, 0.717) is 24.5 Å². The zero-order valence-corrected chi connectivity index (χ0v) is 17.9. The van der Waals surface area contributed by atoms with E-state index in [0.717, 1.165) is 12.8 Å². The summed E-state index contributed by atoms with van der Waals surface area (Å²) in [6, 6.07) is 7.32. The van der Waals surface area contributed by atoms with Crippen molar-refractivity contribution in [3.8, 4) is 5.75 Å². The molecule has 0 aromatic heterocycles. The van der Waals surface area contributed by atoms with E-state index in [1.54, 1.807) is 6.07 Å². The van der Waals surface area contributed by atoms with Gasteiger partial charge in [-0.25, -0.2) is 0 Å². The van der Waals surface area contributed by atoms with Crippen LogP contribution >= 0.6 is 0 Å². The van der Waals surface area contributed by atoms with Crippen molar-refractivity contribution < 1.29 is 14.3 Å². The van der Waals surface area contributed by atoms with Crippen molar-refractivity contribution in [2.75, 3.05) is 18.9 Å². The molecule has 0 heterocycles. The number of hydrogen-bond donors (Lipinski definition) is 1. The van der Waals surface area contributed by atoms with E-state index < -0.39 is 0 Å². The molecule has 160 valence electrons. The molecule has 0 atom stereocenters. The fraction of sp³-hybridized carbons (Fsp3) is 0.708. The van der Waals surface area contributed by atoms with Gasteiger partial charge in [-0.15, -0.1) is 0 Å². The first-order chi connectivity index (χ1) is 13.7. The fourth-order valence-electron chi connectivity index (χ4n) is 3.28. The molecule has 1 aromatic carbocycles. The molecule has 0 amide bonds. The third-order valence-corrected chi connectivity index (χ3v) is 5.01. The Kier molecular flexibility index (Phi) is 15.1. The summed E-state index contributed by atoms with van der Waals surface area (Å²) in [5, 5.41) is 0. The summed E-state index contributed by atoms with van der Waals surface area (Å²) in [6.07, 6.45) is 17.5. The molecule has 0 fully saturated rings. The lowest BCUT2D eigenvalue weighted by molar-refractivity contribution is -0.144. The van der Waals surface area contributed by atoms with Gasteiger partial charge in [-0.05, 0) is 18.6 Å². The second kappa shape index (κ2) is 17.4. The van der Waals surface area contributed by atoms with E-state index in [4.69, 9.17) is 15.2 Å². The Morgan fingerprint density at radius 3 is 1.89 bits per heavy atom. The van der Waals surface area contributed by atoms with Gasteiger partial charge in [-0.2, -0.15) is 0 Å². The van der Waals surface area contributed by atoms with E-state index in [1.807, 2.05) is 18.2 Å². The van der Waals surface area contributed by atoms with Crippen LogP contribution in [0, 0.1) is 0 Å². The molecule has 0 saturated heterocycles. The van der Waals surface area contributed by atoms with E-state index in [-0.39, 0.29) is 12.6 Å². The van der Waals surface area contributed by atoms with Gasteiger partial charge in [-0.1, -0.05) is 96.1 Å². The van der Waals surface area contributed by atoms with Crippen molar-refractivity contribution in [2.45, 2.75) is 96.8 Å². The van der Waals surface area contributed by atoms with Crippen molar-refractivity contribution in [3.63, 3.8) is 0 Å². The number of unbranched alkanes of at least 4 members (excludes halogenated alkanes) is 12. The Balaban J connectivity index is 1.82. The summed E-state index contributed by atoms with van der Waals surface area (Å²) in [5.41, 5.74) is 6.39. The molecular weight excluding hydrogens is 350 g/mol. The van der Waals surface area contributed by atoms with E-state index >= 15 is 0 Å². The number of nitrogens with two attached hydrogens (primary N) is 1. The molecule has 0 aliphatic heterocycles. The van der Waals surface area contributed by atoms with Crippen LogP contribution < -0.4 is 10.5 Å². The zero-order chi connectivity index (χ0) is 20.3. The Labute approximate surface area is 172 Å². The third-order valence-electron chi connectivity index (χ3n) is 5.01. The summed E-state index contributed by atoms with van der Waals surface area (Å²) >= 11 is 0. The molecule has 0 unspecified atom stereocenters. The van der Waals surface area contributed by atoms with Gasteiger partial charge in [0.25, 0.3) is 0 Å². The molecule has 0 aliphatic rings. The van der Waals surface area contributed by atoms with Crippen molar-refractivity contribution in [3.05, 3.63) is 24.3 Å². The van der Waals surface area contributed by atoms with Crippen LogP contribution in [0.1, 0.15) is 96.8 Å². The predicted molar refractivity (Wildman–Crippen MR) is 118 cm³/mol. The minimum atomic E-state index is -0.132. The first kappa shape index (κ1) is 24.3. The minimum absolute atomic E-state index is 0.132. The van der Waals surface area contributed by atoms with Gasteiger partial charge in [-0.3, -0.25) is 4.79 Å². The maximum atomic E-state index is 11.7. The van der Waals surface area contributed by atoms with Crippen LogP contribution in [0.5, 0.6) is 5.75 Å². The standard InChI is InChI=1S/C24H41NO3/c1-2-3-4-5-6-7-8-9-10-11-12-13-14-19-24(26)28-21-20-27-23-18-16-15-17-22(23)25/h15-18H,2-14,19-21,25H2,1H3. The summed E-state index contributed by atoms with van der Waals surface area (Å²) < 4.78 is 10.7. The molecule has 0 radical (unpaired) electrons. The number of ether oxygens (including phenoxy) is 2. The van der Waals surface area contributed by atoms with Crippen molar-refractivity contribution in [1.29, 1.82) is 0 Å². The van der Waals surface area contributed by atoms with Gasteiger partial charge >= 0.3 is 5.97 Å². The lowest BCUT2D eigenvalue weighted by Gasteiger charge is -2.09. The van der Waals surface area contributed by atoms with Gasteiger partial charge in [0.1, 0.15) is 19.0 Å². The van der Waals surface area contributed by atoms with Crippen LogP contribution in [-0.2, 0) is 9.53 Å². The molecule has 1 aromatic rings. The number of benzene rings is 1. The number of esters is 1. The maximum Gasteiger partial charge on any atom is 0.305 e. The van der Waals surface area contributed by atoms with Crippen molar-refractivity contribution in [1.82, 2.24) is 0 Å². The monoisotopic (exact) mass is 391 g/mol. The molecule has 28 heavy (non-hydrogen) atoms. The molecule has 0 bridgehead atoms. The second-order valence-electron chi connectivity index (χ2n) is 7.60. The summed E-state index contributed by atoms with van der Waals surface area (Å²) in [5.74, 6) is 0.503. The summed E-state index contributed by atoms with van der Waals surface area (Å²) in [4.78, 5) is 11.7. The number of carbonyl (C=O) groups excluding carboxylic acids is 1. The largest absolute Gasteiger partial charge is 0.488 e. The van der Waals surface area contributed by atoms with Crippen LogP contribution in [0.15, 0.2) is 24.3 Å². The minimum Gasteiger partial charge on any atom is -0.488 e. The maximum absolute atomic E-state index is 11.7. The Bertz CT molecular complexity index is 504. The highest BCUT2D eigenvalue weighted by Crippen LogP contribution is 2.19. The molecule has 0 aliphatic carbocycles. The van der Waals surface area contributed by atoms with E-state index in [2.05, 4.69) is 6.92 Å². The molecule has 0 spiro atoms. The van der Waals surface area contributed by atoms with Crippen LogP contribution in [0.25, 0.3) is 0 Å². The first-order valence-electron chi connectivity index (χ1n) is 11.4. The fourth-order valence-corrected chi connectivity index (χ4v) is 3.28. The van der Waals surface area contributed by atoms with Crippen molar-refractivity contribution >= 4 is 11.7 Å². The molecule has 0 saturated carbocycles. The zero-order valence-electron chi connectivity index (χ0n) is 17.9. The highest BCUT2D eigenvalue weighted by molar-refractivity contribution is 5.69. The van der Waals surface area contributed by atoms with Crippen molar-refractivity contribution in [2.24, 2.45) is 0 Å². The SMILES string of the molecule is CCCCCCCCCCCCCCCC(=O)OCCOc1ccccc1N. The van der Waals surface area contributed by atoms with Gasteiger partial charge in [0, 0.05) is 6.42 Å². The third kappa shape index (κ3) is 13.5. The van der Waals surface area contributed by atoms with Crippen LogP contribution in [0.3, 0.4) is 0 Å². The number of anilines is 1. The Morgan fingerprint density at radius 1 is 0.786 bits per heavy atom. The highest BCUT2D eigenvalue weighted by Gasteiger charge is 2.04. The quantitative estimate of drug-likeness (QED) is 0.172. The van der Waals surface area contributed by atoms with E-state index in [9.17, 15) is 4.79 Å². The average Bonchev–Trinajstić information content (AvgIpc) is 2.70. The number of hydrogen-bond acceptors (Lipinski definition) is 4. The summed E-state index contributed by atoms with van der Waals surface area (Å²) in [6.45, 7) is 2.87. The lowest BCUT2D eigenvalue weighted by atomic mass is 10.0. The summed E-state index contributed by atoms with van der Waals surface area (Å²) in [7, 11) is 0. The highest BCUT2D eigenvalue weighted by atomic mass is 16.6. The molecule has 2 N–H and O–H groups in total. The topological polar surface area (TPSA) is 61.5 Å². The lowest BCUT2D eigenvalue weighted by Crippen LogP contribution is -2.12. The number of rotatable bonds is 18.